The van der Waals surface area contributed by atoms with E-state index in [0.29, 0.717) is 6.54 Å². The van der Waals surface area contributed by atoms with Crippen molar-refractivity contribution in [1.29, 1.82) is 0 Å². The Hall–Kier alpha value is -1.48. The molecule has 0 saturated carbocycles. The molecular weight excluding hydrogens is 471 g/mol. The van der Waals surface area contributed by atoms with Gasteiger partial charge in [0.15, 0.2) is 5.96 Å². The molecule has 2 rings (SSSR count). The number of benzene rings is 1. The number of hydrogen-bond acceptors (Lipinski definition) is 4. The van der Waals surface area contributed by atoms with Gasteiger partial charge in [-0.2, -0.15) is 0 Å². The van der Waals surface area contributed by atoms with Crippen molar-refractivity contribution in [2.45, 2.75) is 38.8 Å². The number of halogens is 1. The molecular formula is C20H29IN4OS. The van der Waals surface area contributed by atoms with Gasteiger partial charge in [0.05, 0.1) is 19.3 Å². The number of methoxy groups -OCH3 is 1. The lowest BCUT2D eigenvalue weighted by Gasteiger charge is -2.16. The number of rotatable bonds is 6. The van der Waals surface area contributed by atoms with E-state index in [4.69, 9.17) is 4.74 Å². The number of thioether (sulfide) groups is 1. The summed E-state index contributed by atoms with van der Waals surface area (Å²) in [5.74, 6) is 1.64. The highest BCUT2D eigenvalue weighted by Gasteiger charge is 2.10. The fraction of sp³-hybridized carbons (Fsp3) is 0.400. The first-order valence-corrected chi connectivity index (χ1v) is 9.79. The Kier molecular flexibility index (Phi) is 9.93. The minimum Gasteiger partial charge on any atom is -0.496 e. The van der Waals surface area contributed by atoms with E-state index in [2.05, 4.69) is 52.0 Å². The first-order valence-electron chi connectivity index (χ1n) is 8.57. The Balaban J connectivity index is 0.00000364. The minimum atomic E-state index is 0. The number of nitrogens with zero attached hydrogens (tertiary/aromatic N) is 2. The van der Waals surface area contributed by atoms with E-state index >= 15 is 0 Å². The Bertz CT molecular complexity index is 796. The van der Waals surface area contributed by atoms with Crippen molar-refractivity contribution in [2.24, 2.45) is 4.99 Å². The minimum absolute atomic E-state index is 0. The molecule has 0 bridgehead atoms. The van der Waals surface area contributed by atoms with Crippen LogP contribution >= 0.6 is 35.7 Å². The van der Waals surface area contributed by atoms with E-state index in [9.17, 15) is 0 Å². The van der Waals surface area contributed by atoms with Crippen molar-refractivity contribution in [1.82, 2.24) is 15.6 Å². The number of nitrogens with one attached hydrogen (secondary N) is 2. The third-order valence-electron chi connectivity index (χ3n) is 4.29. The van der Waals surface area contributed by atoms with E-state index in [-0.39, 0.29) is 24.0 Å². The van der Waals surface area contributed by atoms with Crippen LogP contribution in [0.4, 0.5) is 0 Å². The van der Waals surface area contributed by atoms with Crippen LogP contribution in [-0.4, -0.2) is 31.4 Å². The van der Waals surface area contributed by atoms with E-state index < -0.39 is 0 Å². The smallest absolute Gasteiger partial charge is 0.191 e. The largest absolute Gasteiger partial charge is 0.496 e. The maximum Gasteiger partial charge on any atom is 0.191 e. The van der Waals surface area contributed by atoms with E-state index in [1.165, 1.54) is 16.0 Å². The SMILES string of the molecule is CN=C(NCc1ccc(C)cc1SC)NCc1ncc(C)c(OC)c1C.I. The predicted molar refractivity (Wildman–Crippen MR) is 126 cm³/mol. The first kappa shape index (κ1) is 23.6. The van der Waals surface area contributed by atoms with Crippen LogP contribution in [0, 0.1) is 20.8 Å². The number of aryl methyl sites for hydroxylation is 2. The zero-order valence-corrected chi connectivity index (χ0v) is 20.0. The van der Waals surface area contributed by atoms with Gasteiger partial charge in [-0.3, -0.25) is 9.98 Å². The van der Waals surface area contributed by atoms with Crippen molar-refractivity contribution in [2.75, 3.05) is 20.4 Å². The third kappa shape index (κ3) is 6.27. The molecule has 0 unspecified atom stereocenters. The summed E-state index contributed by atoms with van der Waals surface area (Å²) in [6.07, 6.45) is 3.95. The van der Waals surface area contributed by atoms with Gasteiger partial charge >= 0.3 is 0 Å². The molecule has 27 heavy (non-hydrogen) atoms. The molecule has 0 aliphatic rings. The summed E-state index contributed by atoms with van der Waals surface area (Å²) < 4.78 is 5.47. The topological polar surface area (TPSA) is 58.5 Å². The number of hydrogen-bond donors (Lipinski definition) is 2. The quantitative estimate of drug-likeness (QED) is 0.269. The van der Waals surface area contributed by atoms with Gasteiger partial charge in [0.1, 0.15) is 5.75 Å². The Morgan fingerprint density at radius 2 is 1.89 bits per heavy atom. The summed E-state index contributed by atoms with van der Waals surface area (Å²) in [7, 11) is 3.47. The normalized spacial score (nSPS) is 11.0. The standard InChI is InChI=1S/C20H28N4OS.HI/c1-13-7-8-16(18(9-13)26-6)11-23-20(21-4)24-12-17-15(3)19(25-5)14(2)10-22-17;/h7-10H,11-12H2,1-6H3,(H2,21,23,24);1H. The highest BCUT2D eigenvalue weighted by atomic mass is 127. The van der Waals surface area contributed by atoms with Crippen LogP contribution in [0.5, 0.6) is 5.75 Å². The Morgan fingerprint density at radius 1 is 1.19 bits per heavy atom. The number of aromatic nitrogens is 1. The Labute approximate surface area is 183 Å². The average molecular weight is 500 g/mol. The van der Waals surface area contributed by atoms with E-state index in [1.54, 1.807) is 25.9 Å². The summed E-state index contributed by atoms with van der Waals surface area (Å²) in [4.78, 5) is 10.1. The summed E-state index contributed by atoms with van der Waals surface area (Å²) in [5.41, 5.74) is 5.59. The van der Waals surface area contributed by atoms with Crippen molar-refractivity contribution in [3.63, 3.8) is 0 Å². The lowest BCUT2D eigenvalue weighted by molar-refractivity contribution is 0.406. The third-order valence-corrected chi connectivity index (χ3v) is 5.11. The molecule has 0 radical (unpaired) electrons. The van der Waals surface area contributed by atoms with Crippen LogP contribution in [-0.2, 0) is 13.1 Å². The zero-order valence-electron chi connectivity index (χ0n) is 16.8. The van der Waals surface area contributed by atoms with Gasteiger partial charge in [-0.05, 0) is 44.2 Å². The predicted octanol–water partition coefficient (Wildman–Crippen LogP) is 4.22. The summed E-state index contributed by atoms with van der Waals surface area (Å²) in [5, 5.41) is 6.71. The lowest BCUT2D eigenvalue weighted by Crippen LogP contribution is -2.36. The highest BCUT2D eigenvalue weighted by Crippen LogP contribution is 2.24. The maximum atomic E-state index is 5.47. The molecule has 0 aliphatic heterocycles. The van der Waals surface area contributed by atoms with Crippen molar-refractivity contribution >= 4 is 41.7 Å². The molecule has 148 valence electrons. The molecule has 0 fully saturated rings. The second kappa shape index (κ2) is 11.4. The maximum absolute atomic E-state index is 5.47. The lowest BCUT2D eigenvalue weighted by atomic mass is 10.1. The fourth-order valence-electron chi connectivity index (χ4n) is 2.81. The molecule has 5 nitrogen and oxygen atoms in total. The summed E-state index contributed by atoms with van der Waals surface area (Å²) in [6, 6.07) is 6.51. The molecule has 0 spiro atoms. The number of guanidine groups is 1. The van der Waals surface area contributed by atoms with Gasteiger partial charge < -0.3 is 15.4 Å². The van der Waals surface area contributed by atoms with Crippen LogP contribution in [0.2, 0.25) is 0 Å². The van der Waals surface area contributed by atoms with Crippen molar-refractivity contribution in [3.8, 4) is 5.75 Å². The molecule has 0 aliphatic carbocycles. The molecule has 1 aromatic carbocycles. The van der Waals surface area contributed by atoms with Crippen molar-refractivity contribution in [3.05, 3.63) is 52.3 Å². The molecule has 0 amide bonds. The monoisotopic (exact) mass is 500 g/mol. The van der Waals surface area contributed by atoms with E-state index in [0.717, 1.165) is 35.1 Å². The first-order chi connectivity index (χ1) is 12.5. The van der Waals surface area contributed by atoms with Crippen LogP contribution in [0.3, 0.4) is 0 Å². The van der Waals surface area contributed by atoms with Gasteiger partial charge in [-0.1, -0.05) is 12.1 Å². The van der Waals surface area contributed by atoms with Crippen LogP contribution in [0.1, 0.15) is 27.9 Å². The molecule has 1 aromatic heterocycles. The molecule has 2 aromatic rings. The van der Waals surface area contributed by atoms with E-state index in [1.807, 2.05) is 20.0 Å². The summed E-state index contributed by atoms with van der Waals surface area (Å²) in [6.45, 7) is 7.46. The van der Waals surface area contributed by atoms with Gasteiger partial charge in [-0.15, -0.1) is 35.7 Å². The average Bonchev–Trinajstić information content (AvgIpc) is 2.64. The van der Waals surface area contributed by atoms with Gasteiger partial charge in [0, 0.05) is 35.8 Å². The van der Waals surface area contributed by atoms with Crippen molar-refractivity contribution < 1.29 is 4.74 Å². The fourth-order valence-corrected chi connectivity index (χ4v) is 3.52. The number of aliphatic imine (C=N–C) groups is 1. The van der Waals surface area contributed by atoms with Gasteiger partial charge in [0.2, 0.25) is 0 Å². The van der Waals surface area contributed by atoms with Crippen LogP contribution < -0.4 is 15.4 Å². The molecule has 2 N–H and O–H groups in total. The zero-order chi connectivity index (χ0) is 19.1. The second-order valence-corrected chi connectivity index (χ2v) is 6.99. The summed E-state index contributed by atoms with van der Waals surface area (Å²) >= 11 is 1.76. The van der Waals surface area contributed by atoms with Gasteiger partial charge in [0.25, 0.3) is 0 Å². The highest BCUT2D eigenvalue weighted by molar-refractivity contribution is 14.0. The van der Waals surface area contributed by atoms with Gasteiger partial charge in [-0.25, -0.2) is 0 Å². The molecule has 0 saturated heterocycles. The molecule has 7 heteroatoms. The number of pyridine rings is 1. The second-order valence-electron chi connectivity index (χ2n) is 6.14. The van der Waals surface area contributed by atoms with Crippen LogP contribution in [0.25, 0.3) is 0 Å². The Morgan fingerprint density at radius 3 is 2.52 bits per heavy atom. The van der Waals surface area contributed by atoms with Crippen LogP contribution in [0.15, 0.2) is 34.3 Å². The number of ether oxygens (including phenoxy) is 1. The molecule has 1 heterocycles. The molecule has 0 atom stereocenters.